The molecule has 0 spiro atoms. The SMILES string of the molecule is CCc1c[n+](C)c(-c2ccccc2C)c[c]1[Ge]([CH3])([CH3])[CH3]. The number of benzene rings is 1. The van der Waals surface area contributed by atoms with Crippen LogP contribution in [0.15, 0.2) is 36.5 Å². The van der Waals surface area contributed by atoms with Crippen molar-refractivity contribution < 1.29 is 4.57 Å². The second-order valence-corrected chi connectivity index (χ2v) is 17.2. The molecule has 0 unspecified atom stereocenters. The molecule has 0 atom stereocenters. The van der Waals surface area contributed by atoms with Gasteiger partial charge in [-0.05, 0) is 0 Å². The van der Waals surface area contributed by atoms with E-state index < -0.39 is 13.3 Å². The fourth-order valence-corrected chi connectivity index (χ4v) is 6.53. The maximum atomic E-state index is 2.48. The quantitative estimate of drug-likeness (QED) is 0.599. The van der Waals surface area contributed by atoms with Gasteiger partial charge in [0, 0.05) is 0 Å². The van der Waals surface area contributed by atoms with E-state index in [4.69, 9.17) is 0 Å². The number of hydrogen-bond donors (Lipinski definition) is 0. The molecule has 20 heavy (non-hydrogen) atoms. The van der Waals surface area contributed by atoms with Crippen LogP contribution in [0.2, 0.25) is 17.3 Å². The van der Waals surface area contributed by atoms with Crippen molar-refractivity contribution in [1.29, 1.82) is 0 Å². The molecule has 0 fully saturated rings. The van der Waals surface area contributed by atoms with Gasteiger partial charge in [0.1, 0.15) is 0 Å². The molecule has 0 bridgehead atoms. The third-order valence-corrected chi connectivity index (χ3v) is 8.33. The van der Waals surface area contributed by atoms with E-state index in [2.05, 4.69) is 79.3 Å². The van der Waals surface area contributed by atoms with Gasteiger partial charge in [-0.25, -0.2) is 0 Å². The molecule has 0 saturated heterocycles. The van der Waals surface area contributed by atoms with Crippen LogP contribution in [-0.4, -0.2) is 13.3 Å². The van der Waals surface area contributed by atoms with Gasteiger partial charge in [0.05, 0.1) is 0 Å². The Kier molecular flexibility index (Phi) is 4.38. The zero-order valence-electron chi connectivity index (χ0n) is 13.6. The predicted octanol–water partition coefficient (Wildman–Crippen LogP) is 3.59. The van der Waals surface area contributed by atoms with E-state index >= 15 is 0 Å². The summed E-state index contributed by atoms with van der Waals surface area (Å²) in [5.41, 5.74) is 5.57. The van der Waals surface area contributed by atoms with Gasteiger partial charge in [0.15, 0.2) is 0 Å². The van der Waals surface area contributed by atoms with Gasteiger partial charge in [0.2, 0.25) is 0 Å². The molecule has 2 aromatic rings. The predicted molar refractivity (Wildman–Crippen MR) is 90.1 cm³/mol. The van der Waals surface area contributed by atoms with Gasteiger partial charge in [-0.1, -0.05) is 0 Å². The normalized spacial score (nSPS) is 11.7. The Morgan fingerprint density at radius 2 is 1.75 bits per heavy atom. The first-order chi connectivity index (χ1) is 9.34. The van der Waals surface area contributed by atoms with Gasteiger partial charge >= 0.3 is 126 Å². The zero-order chi connectivity index (χ0) is 14.9. The van der Waals surface area contributed by atoms with Crippen molar-refractivity contribution >= 4 is 17.7 Å². The van der Waals surface area contributed by atoms with E-state index in [1.54, 1.807) is 4.40 Å². The molecule has 1 aromatic heterocycles. The molecule has 0 aliphatic carbocycles. The summed E-state index contributed by atoms with van der Waals surface area (Å²) in [6.07, 6.45) is 3.47. The monoisotopic (exact) mass is 330 g/mol. The fourth-order valence-electron chi connectivity index (χ4n) is 2.81. The summed E-state index contributed by atoms with van der Waals surface area (Å²) in [6, 6.07) is 11.1. The van der Waals surface area contributed by atoms with Gasteiger partial charge < -0.3 is 0 Å². The molecule has 1 aromatic carbocycles. The van der Waals surface area contributed by atoms with Gasteiger partial charge in [-0.15, -0.1) is 0 Å². The maximum absolute atomic E-state index is 2.48. The summed E-state index contributed by atoms with van der Waals surface area (Å²) in [4.78, 5) is 0. The van der Waals surface area contributed by atoms with Crippen molar-refractivity contribution in [2.75, 3.05) is 0 Å². The standard InChI is InChI=1S/C18H26GeN/c1-7-15-13-20(6)18(12-17(15)19(3,4)5)16-11-9-8-10-14(16)2/h8-13H,7H2,1-6H3/q+1. The van der Waals surface area contributed by atoms with Crippen LogP contribution in [0.1, 0.15) is 18.1 Å². The topological polar surface area (TPSA) is 3.88 Å². The second kappa shape index (κ2) is 5.73. The minimum atomic E-state index is -1.84. The minimum absolute atomic E-state index is 1.12. The molecular formula is C18H26GeN+. The molecular weight excluding hydrogens is 303 g/mol. The van der Waals surface area contributed by atoms with E-state index in [1.165, 1.54) is 22.4 Å². The van der Waals surface area contributed by atoms with Gasteiger partial charge in [-0.2, -0.15) is 0 Å². The van der Waals surface area contributed by atoms with Crippen molar-refractivity contribution in [3.63, 3.8) is 0 Å². The Hall–Kier alpha value is -1.09. The molecule has 0 saturated carbocycles. The number of rotatable bonds is 3. The Morgan fingerprint density at radius 1 is 1.10 bits per heavy atom. The van der Waals surface area contributed by atoms with Crippen LogP contribution in [0.5, 0.6) is 0 Å². The Morgan fingerprint density at radius 3 is 2.30 bits per heavy atom. The van der Waals surface area contributed by atoms with Gasteiger partial charge in [0.25, 0.3) is 0 Å². The van der Waals surface area contributed by atoms with Crippen molar-refractivity contribution in [3.05, 3.63) is 47.7 Å². The molecule has 0 amide bonds. The van der Waals surface area contributed by atoms with E-state index in [0.29, 0.717) is 0 Å². The Balaban J connectivity index is 2.70. The average Bonchev–Trinajstić information content (AvgIpc) is 2.38. The van der Waals surface area contributed by atoms with Crippen molar-refractivity contribution in [2.24, 2.45) is 7.05 Å². The molecule has 1 heterocycles. The van der Waals surface area contributed by atoms with Crippen molar-refractivity contribution in [1.82, 2.24) is 0 Å². The van der Waals surface area contributed by atoms with Crippen LogP contribution < -0.4 is 8.96 Å². The molecule has 0 N–H and O–H groups in total. The molecule has 106 valence electrons. The van der Waals surface area contributed by atoms with E-state index in [0.717, 1.165) is 6.42 Å². The van der Waals surface area contributed by atoms with E-state index in [-0.39, 0.29) is 0 Å². The summed E-state index contributed by atoms with van der Waals surface area (Å²) in [5.74, 6) is 7.45. The molecule has 0 radical (unpaired) electrons. The third-order valence-electron chi connectivity index (χ3n) is 3.97. The first-order valence-electron chi connectivity index (χ1n) is 7.43. The van der Waals surface area contributed by atoms with Gasteiger partial charge in [-0.3, -0.25) is 0 Å². The second-order valence-electron chi connectivity index (χ2n) is 6.63. The number of aromatic nitrogens is 1. The Bertz CT molecular complexity index is 624. The van der Waals surface area contributed by atoms with Crippen LogP contribution in [0, 0.1) is 6.92 Å². The van der Waals surface area contributed by atoms with E-state index in [1.807, 2.05) is 0 Å². The fraction of sp³-hybridized carbons (Fsp3) is 0.389. The van der Waals surface area contributed by atoms with E-state index in [9.17, 15) is 0 Å². The summed E-state index contributed by atoms with van der Waals surface area (Å²) in [7, 11) is 2.17. The van der Waals surface area contributed by atoms with Crippen LogP contribution in [0.3, 0.4) is 0 Å². The molecule has 2 rings (SSSR count). The number of hydrogen-bond acceptors (Lipinski definition) is 0. The summed E-state index contributed by atoms with van der Waals surface area (Å²) < 4.78 is 3.93. The van der Waals surface area contributed by atoms with Crippen LogP contribution in [-0.2, 0) is 13.5 Å². The summed E-state index contributed by atoms with van der Waals surface area (Å²) >= 11 is -1.84. The Labute approximate surface area is 126 Å². The van der Waals surface area contributed by atoms with Crippen molar-refractivity contribution in [3.8, 4) is 11.3 Å². The zero-order valence-corrected chi connectivity index (χ0v) is 15.7. The molecule has 0 aliphatic rings. The average molecular weight is 329 g/mol. The van der Waals surface area contributed by atoms with Crippen molar-refractivity contribution in [2.45, 2.75) is 37.5 Å². The first kappa shape index (κ1) is 15.3. The van der Waals surface area contributed by atoms with Crippen LogP contribution in [0.25, 0.3) is 11.3 Å². The number of aryl methyl sites for hydroxylation is 3. The molecule has 2 heteroatoms. The number of nitrogens with zero attached hydrogens (tertiary/aromatic N) is 1. The summed E-state index contributed by atoms with van der Waals surface area (Å²) in [6.45, 7) is 4.46. The van der Waals surface area contributed by atoms with Crippen LogP contribution in [0.4, 0.5) is 0 Å². The molecule has 1 nitrogen and oxygen atoms in total. The third kappa shape index (κ3) is 2.98. The summed E-state index contributed by atoms with van der Waals surface area (Å²) in [5, 5.41) is 0. The first-order valence-corrected chi connectivity index (χ1v) is 14.8. The molecule has 0 aliphatic heterocycles. The number of pyridine rings is 1. The van der Waals surface area contributed by atoms with Crippen LogP contribution >= 0.6 is 0 Å².